The first-order valence-corrected chi connectivity index (χ1v) is 7.19. The van der Waals surface area contributed by atoms with Crippen LogP contribution in [0.1, 0.15) is 41.6 Å². The molecule has 2 nitrogen and oxygen atoms in total. The minimum Gasteiger partial charge on any atom is -0.313 e. The summed E-state index contributed by atoms with van der Waals surface area (Å²) in [6, 6.07) is 6.01. The van der Waals surface area contributed by atoms with E-state index in [0.717, 1.165) is 35.5 Å². The Hall–Kier alpha value is -0.860. The highest BCUT2D eigenvalue weighted by Crippen LogP contribution is 2.32. The number of carbonyl (C=O) groups excluding carboxylic acids is 1. The molecule has 1 aromatic carbocycles. The fourth-order valence-electron chi connectivity index (χ4n) is 3.22. The van der Waals surface area contributed by atoms with Crippen LogP contribution in [0.2, 0.25) is 5.02 Å². The van der Waals surface area contributed by atoms with Crippen LogP contribution in [0.15, 0.2) is 18.2 Å². The van der Waals surface area contributed by atoms with Gasteiger partial charge in [-0.05, 0) is 49.6 Å². The van der Waals surface area contributed by atoms with E-state index >= 15 is 0 Å². The Morgan fingerprint density at radius 1 is 1.22 bits per heavy atom. The molecule has 0 bridgehead atoms. The number of ketones is 1. The van der Waals surface area contributed by atoms with Crippen molar-refractivity contribution < 1.29 is 4.79 Å². The van der Waals surface area contributed by atoms with Crippen LogP contribution in [0.4, 0.5) is 0 Å². The molecule has 3 rings (SSSR count). The molecule has 2 unspecified atom stereocenters. The Labute approximate surface area is 113 Å². The Kier molecular flexibility index (Phi) is 3.40. The Bertz CT molecular complexity index is 464. The van der Waals surface area contributed by atoms with Crippen LogP contribution in [-0.4, -0.2) is 18.4 Å². The molecule has 2 atom stereocenters. The van der Waals surface area contributed by atoms with E-state index in [-0.39, 0.29) is 5.92 Å². The normalized spacial score (nSPS) is 27.9. The van der Waals surface area contributed by atoms with E-state index in [1.165, 1.54) is 19.3 Å². The number of rotatable bonds is 1. The summed E-state index contributed by atoms with van der Waals surface area (Å²) in [5.41, 5.74) is 2.01. The first kappa shape index (κ1) is 12.2. The van der Waals surface area contributed by atoms with Crippen LogP contribution < -0.4 is 5.32 Å². The molecule has 1 aliphatic carbocycles. The molecular weight excluding hydrogens is 246 g/mol. The largest absolute Gasteiger partial charge is 0.313 e. The van der Waals surface area contributed by atoms with Gasteiger partial charge >= 0.3 is 0 Å². The van der Waals surface area contributed by atoms with Crippen LogP contribution in [0.5, 0.6) is 0 Å². The maximum Gasteiger partial charge on any atom is 0.168 e. The predicted molar refractivity (Wildman–Crippen MR) is 73.2 cm³/mol. The number of carbonyl (C=O) groups is 1. The SMILES string of the molecule is O=C1c2ccc(Cl)cc2CC1C1CCCCCN1. The van der Waals surface area contributed by atoms with E-state index in [2.05, 4.69) is 5.32 Å². The summed E-state index contributed by atoms with van der Waals surface area (Å²) in [5, 5.41) is 4.28. The lowest BCUT2D eigenvalue weighted by molar-refractivity contribution is 0.0907. The summed E-state index contributed by atoms with van der Waals surface area (Å²) in [4.78, 5) is 12.4. The lowest BCUT2D eigenvalue weighted by atomic mass is 9.92. The van der Waals surface area contributed by atoms with E-state index in [1.54, 1.807) is 0 Å². The van der Waals surface area contributed by atoms with Gasteiger partial charge in [0.25, 0.3) is 0 Å². The summed E-state index contributed by atoms with van der Waals surface area (Å²) < 4.78 is 0. The molecular formula is C15H18ClNO. The lowest BCUT2D eigenvalue weighted by Crippen LogP contribution is -2.38. The fraction of sp³-hybridized carbons (Fsp3) is 0.533. The van der Waals surface area contributed by atoms with Crippen LogP contribution in [0.25, 0.3) is 0 Å². The third-order valence-corrected chi connectivity index (χ3v) is 4.43. The summed E-state index contributed by atoms with van der Waals surface area (Å²) in [6.45, 7) is 1.05. The van der Waals surface area contributed by atoms with Crippen molar-refractivity contribution in [2.45, 2.75) is 38.1 Å². The quantitative estimate of drug-likeness (QED) is 0.843. The van der Waals surface area contributed by atoms with Crippen LogP contribution in [0.3, 0.4) is 0 Å². The van der Waals surface area contributed by atoms with Crippen molar-refractivity contribution in [3.05, 3.63) is 34.3 Å². The van der Waals surface area contributed by atoms with Crippen molar-refractivity contribution in [1.82, 2.24) is 5.32 Å². The third kappa shape index (κ3) is 2.19. The first-order chi connectivity index (χ1) is 8.75. The van der Waals surface area contributed by atoms with Gasteiger partial charge in [-0.15, -0.1) is 0 Å². The molecule has 0 saturated carbocycles. The van der Waals surface area contributed by atoms with Crippen molar-refractivity contribution in [3.8, 4) is 0 Å². The third-order valence-electron chi connectivity index (χ3n) is 4.19. The van der Waals surface area contributed by atoms with Crippen LogP contribution in [0, 0.1) is 5.92 Å². The highest BCUT2D eigenvalue weighted by Gasteiger charge is 2.36. The monoisotopic (exact) mass is 263 g/mol. The average Bonchev–Trinajstić information content (AvgIpc) is 2.57. The number of halogens is 1. The van der Waals surface area contributed by atoms with Crippen molar-refractivity contribution in [1.29, 1.82) is 0 Å². The second-order valence-electron chi connectivity index (χ2n) is 5.39. The highest BCUT2D eigenvalue weighted by molar-refractivity contribution is 6.30. The molecule has 0 amide bonds. The average molecular weight is 264 g/mol. The standard InChI is InChI=1S/C15H18ClNO/c16-11-5-6-12-10(8-11)9-13(15(12)18)14-4-2-1-3-7-17-14/h5-6,8,13-14,17H,1-4,7,9H2. The van der Waals surface area contributed by atoms with Gasteiger partial charge in [0.05, 0.1) is 0 Å². The fourth-order valence-corrected chi connectivity index (χ4v) is 3.42. The Morgan fingerprint density at radius 2 is 2.11 bits per heavy atom. The topological polar surface area (TPSA) is 29.1 Å². The number of hydrogen-bond acceptors (Lipinski definition) is 2. The molecule has 1 saturated heterocycles. The number of nitrogens with one attached hydrogen (secondary N) is 1. The van der Waals surface area contributed by atoms with Crippen molar-refractivity contribution in [2.75, 3.05) is 6.54 Å². The molecule has 0 spiro atoms. The maximum absolute atomic E-state index is 12.4. The molecule has 3 heteroatoms. The molecule has 1 aliphatic heterocycles. The van der Waals surface area contributed by atoms with E-state index in [9.17, 15) is 4.79 Å². The summed E-state index contributed by atoms with van der Waals surface area (Å²) in [6.07, 6.45) is 5.72. The zero-order valence-electron chi connectivity index (χ0n) is 10.4. The van der Waals surface area contributed by atoms with Gasteiger partial charge < -0.3 is 5.32 Å². The van der Waals surface area contributed by atoms with Crippen molar-refractivity contribution in [3.63, 3.8) is 0 Å². The first-order valence-electron chi connectivity index (χ1n) is 6.82. The van der Waals surface area contributed by atoms with Gasteiger partial charge in [0, 0.05) is 22.5 Å². The molecule has 96 valence electrons. The van der Waals surface area contributed by atoms with Gasteiger partial charge in [0.15, 0.2) is 5.78 Å². The van der Waals surface area contributed by atoms with E-state index in [1.807, 2.05) is 18.2 Å². The minimum atomic E-state index is 0.122. The van der Waals surface area contributed by atoms with Gasteiger partial charge in [-0.2, -0.15) is 0 Å². The minimum absolute atomic E-state index is 0.122. The van der Waals surface area contributed by atoms with Gasteiger partial charge in [0.1, 0.15) is 0 Å². The number of fused-ring (bicyclic) bond motifs is 1. The van der Waals surface area contributed by atoms with E-state index < -0.39 is 0 Å². The molecule has 0 radical (unpaired) electrons. The molecule has 18 heavy (non-hydrogen) atoms. The van der Waals surface area contributed by atoms with Crippen molar-refractivity contribution >= 4 is 17.4 Å². The Balaban J connectivity index is 1.82. The molecule has 0 aromatic heterocycles. The molecule has 1 aromatic rings. The number of benzene rings is 1. The predicted octanol–water partition coefficient (Wildman–Crippen LogP) is 3.23. The zero-order chi connectivity index (χ0) is 12.5. The smallest absolute Gasteiger partial charge is 0.168 e. The second kappa shape index (κ2) is 5.02. The van der Waals surface area contributed by atoms with E-state index in [0.29, 0.717) is 11.8 Å². The number of hydrogen-bond donors (Lipinski definition) is 1. The summed E-state index contributed by atoms with van der Waals surface area (Å²) in [7, 11) is 0. The van der Waals surface area contributed by atoms with Gasteiger partial charge in [-0.1, -0.05) is 24.4 Å². The van der Waals surface area contributed by atoms with Gasteiger partial charge in [0.2, 0.25) is 0 Å². The van der Waals surface area contributed by atoms with Gasteiger partial charge in [-0.25, -0.2) is 0 Å². The second-order valence-corrected chi connectivity index (χ2v) is 5.82. The number of Topliss-reactive ketones (excluding diaryl/α,β-unsaturated/α-hetero) is 1. The summed E-state index contributed by atoms with van der Waals surface area (Å²) >= 11 is 6.00. The molecule has 1 fully saturated rings. The van der Waals surface area contributed by atoms with E-state index in [4.69, 9.17) is 11.6 Å². The van der Waals surface area contributed by atoms with Crippen LogP contribution in [-0.2, 0) is 6.42 Å². The zero-order valence-corrected chi connectivity index (χ0v) is 11.2. The van der Waals surface area contributed by atoms with Crippen LogP contribution >= 0.6 is 11.6 Å². The lowest BCUT2D eigenvalue weighted by Gasteiger charge is -2.21. The highest BCUT2D eigenvalue weighted by atomic mass is 35.5. The maximum atomic E-state index is 12.4. The molecule has 1 heterocycles. The van der Waals surface area contributed by atoms with Crippen molar-refractivity contribution in [2.24, 2.45) is 5.92 Å². The van der Waals surface area contributed by atoms with Gasteiger partial charge in [-0.3, -0.25) is 4.79 Å². The molecule has 1 N–H and O–H groups in total. The Morgan fingerprint density at radius 3 is 3.00 bits per heavy atom. The molecule has 2 aliphatic rings. The summed E-state index contributed by atoms with van der Waals surface area (Å²) in [5.74, 6) is 0.428.